The van der Waals surface area contributed by atoms with Crippen LogP contribution in [0.2, 0.25) is 0 Å². The minimum atomic E-state index is -0.165. The molecular weight excluding hydrogens is 258 g/mol. The second-order valence-corrected chi connectivity index (χ2v) is 6.92. The van der Waals surface area contributed by atoms with Crippen LogP contribution in [0.25, 0.3) is 0 Å². The van der Waals surface area contributed by atoms with Gasteiger partial charge in [0.05, 0.1) is 12.7 Å². The SMILES string of the molecule is CCCCCCCCc1ccc(C2CC(C)(N)CO2)cc1. The first kappa shape index (κ1) is 16.5. The summed E-state index contributed by atoms with van der Waals surface area (Å²) < 4.78 is 5.81. The maximum absolute atomic E-state index is 6.13. The lowest BCUT2D eigenvalue weighted by atomic mass is 9.95. The molecule has 0 amide bonds. The summed E-state index contributed by atoms with van der Waals surface area (Å²) in [5, 5.41) is 0. The Bertz CT molecular complexity index is 410. The Kier molecular flexibility index (Phi) is 6.25. The van der Waals surface area contributed by atoms with Gasteiger partial charge < -0.3 is 10.5 Å². The largest absolute Gasteiger partial charge is 0.372 e. The van der Waals surface area contributed by atoms with Crippen LogP contribution >= 0.6 is 0 Å². The number of ether oxygens (including phenoxy) is 1. The Morgan fingerprint density at radius 2 is 1.76 bits per heavy atom. The molecule has 0 bridgehead atoms. The average Bonchev–Trinajstić information content (AvgIpc) is 2.84. The highest BCUT2D eigenvalue weighted by Crippen LogP contribution is 2.33. The zero-order valence-corrected chi connectivity index (χ0v) is 13.7. The Morgan fingerprint density at radius 3 is 2.38 bits per heavy atom. The van der Waals surface area contributed by atoms with Gasteiger partial charge in [0, 0.05) is 5.54 Å². The van der Waals surface area contributed by atoms with Crippen LogP contribution in [0, 0.1) is 0 Å². The van der Waals surface area contributed by atoms with E-state index in [9.17, 15) is 0 Å². The standard InChI is InChI=1S/C19H31NO/c1-3-4-5-6-7-8-9-16-10-12-17(13-11-16)18-14-19(2,20)15-21-18/h10-13,18H,3-9,14-15,20H2,1-2H3. The fourth-order valence-corrected chi connectivity index (χ4v) is 3.05. The molecule has 2 N–H and O–H groups in total. The number of rotatable bonds is 8. The van der Waals surface area contributed by atoms with Crippen LogP contribution in [0.15, 0.2) is 24.3 Å². The highest BCUT2D eigenvalue weighted by atomic mass is 16.5. The van der Waals surface area contributed by atoms with Gasteiger partial charge in [-0.1, -0.05) is 63.3 Å². The molecule has 0 aliphatic carbocycles. The maximum atomic E-state index is 6.13. The van der Waals surface area contributed by atoms with E-state index in [1.165, 1.54) is 56.1 Å². The molecule has 2 nitrogen and oxygen atoms in total. The first-order valence-electron chi connectivity index (χ1n) is 8.60. The second-order valence-electron chi connectivity index (χ2n) is 6.92. The monoisotopic (exact) mass is 289 g/mol. The zero-order chi connectivity index (χ0) is 15.1. The molecule has 1 saturated heterocycles. The van der Waals surface area contributed by atoms with Crippen molar-refractivity contribution in [1.82, 2.24) is 0 Å². The van der Waals surface area contributed by atoms with E-state index in [1.54, 1.807) is 0 Å². The minimum Gasteiger partial charge on any atom is -0.372 e. The number of hydrogen-bond donors (Lipinski definition) is 1. The van der Waals surface area contributed by atoms with Crippen LogP contribution in [0.4, 0.5) is 0 Å². The van der Waals surface area contributed by atoms with Gasteiger partial charge in [-0.25, -0.2) is 0 Å². The van der Waals surface area contributed by atoms with E-state index >= 15 is 0 Å². The van der Waals surface area contributed by atoms with Gasteiger partial charge in [0.25, 0.3) is 0 Å². The summed E-state index contributed by atoms with van der Waals surface area (Å²) in [5.41, 5.74) is 8.68. The van der Waals surface area contributed by atoms with Crippen molar-refractivity contribution >= 4 is 0 Å². The Labute approximate surface area is 130 Å². The third-order valence-corrected chi connectivity index (χ3v) is 4.44. The smallest absolute Gasteiger partial charge is 0.0844 e. The van der Waals surface area contributed by atoms with E-state index in [1.807, 2.05) is 0 Å². The van der Waals surface area contributed by atoms with Crippen molar-refractivity contribution in [1.29, 1.82) is 0 Å². The lowest BCUT2D eigenvalue weighted by molar-refractivity contribution is 0.106. The molecule has 1 aliphatic heterocycles. The van der Waals surface area contributed by atoms with Crippen molar-refractivity contribution in [3.05, 3.63) is 35.4 Å². The van der Waals surface area contributed by atoms with E-state index in [0.717, 1.165) is 6.42 Å². The fourth-order valence-electron chi connectivity index (χ4n) is 3.05. The predicted octanol–water partition coefficient (Wildman–Crippen LogP) is 4.77. The van der Waals surface area contributed by atoms with Crippen molar-refractivity contribution in [2.45, 2.75) is 76.9 Å². The van der Waals surface area contributed by atoms with Crippen molar-refractivity contribution in [3.8, 4) is 0 Å². The third kappa shape index (κ3) is 5.44. The van der Waals surface area contributed by atoms with Crippen LogP contribution in [-0.2, 0) is 11.2 Å². The van der Waals surface area contributed by atoms with Crippen molar-refractivity contribution in [3.63, 3.8) is 0 Å². The molecule has 0 aromatic heterocycles. The molecule has 1 fully saturated rings. The van der Waals surface area contributed by atoms with Crippen LogP contribution in [0.3, 0.4) is 0 Å². The van der Waals surface area contributed by atoms with Crippen LogP contribution in [0.5, 0.6) is 0 Å². The van der Waals surface area contributed by atoms with Crippen LogP contribution in [-0.4, -0.2) is 12.1 Å². The number of benzene rings is 1. The van der Waals surface area contributed by atoms with Crippen LogP contribution < -0.4 is 5.73 Å². The lowest BCUT2D eigenvalue weighted by Gasteiger charge is -2.14. The molecule has 2 unspecified atom stereocenters. The molecule has 1 aromatic rings. The Balaban J connectivity index is 1.72. The Morgan fingerprint density at radius 1 is 1.10 bits per heavy atom. The molecule has 0 radical (unpaired) electrons. The summed E-state index contributed by atoms with van der Waals surface area (Å²) >= 11 is 0. The van der Waals surface area contributed by atoms with Gasteiger partial charge >= 0.3 is 0 Å². The van der Waals surface area contributed by atoms with Gasteiger partial charge in [-0.15, -0.1) is 0 Å². The molecule has 21 heavy (non-hydrogen) atoms. The predicted molar refractivity (Wildman–Crippen MR) is 89.4 cm³/mol. The highest BCUT2D eigenvalue weighted by Gasteiger charge is 2.33. The molecule has 0 spiro atoms. The van der Waals surface area contributed by atoms with E-state index in [4.69, 9.17) is 10.5 Å². The molecule has 2 heteroatoms. The summed E-state index contributed by atoms with van der Waals surface area (Å²) in [5.74, 6) is 0. The van der Waals surface area contributed by atoms with E-state index in [-0.39, 0.29) is 11.6 Å². The molecule has 118 valence electrons. The molecule has 1 aromatic carbocycles. The number of aryl methyl sites for hydroxylation is 1. The van der Waals surface area contributed by atoms with Crippen molar-refractivity contribution in [2.75, 3.05) is 6.61 Å². The van der Waals surface area contributed by atoms with Gasteiger partial charge in [0.15, 0.2) is 0 Å². The fraction of sp³-hybridized carbons (Fsp3) is 0.684. The van der Waals surface area contributed by atoms with Gasteiger partial charge in [-0.3, -0.25) is 0 Å². The average molecular weight is 289 g/mol. The van der Waals surface area contributed by atoms with Crippen molar-refractivity contribution in [2.24, 2.45) is 5.73 Å². The summed E-state index contributed by atoms with van der Waals surface area (Å²) in [4.78, 5) is 0. The van der Waals surface area contributed by atoms with Gasteiger partial charge in [0.2, 0.25) is 0 Å². The van der Waals surface area contributed by atoms with Crippen LogP contribution in [0.1, 0.15) is 76.0 Å². The van der Waals surface area contributed by atoms with Gasteiger partial charge in [-0.2, -0.15) is 0 Å². The molecule has 1 heterocycles. The zero-order valence-electron chi connectivity index (χ0n) is 13.7. The summed E-state index contributed by atoms with van der Waals surface area (Å²) in [7, 11) is 0. The molecule has 1 aliphatic rings. The summed E-state index contributed by atoms with van der Waals surface area (Å²) in [6.45, 7) is 5.00. The maximum Gasteiger partial charge on any atom is 0.0844 e. The Hall–Kier alpha value is -0.860. The van der Waals surface area contributed by atoms with E-state index in [0.29, 0.717) is 6.61 Å². The summed E-state index contributed by atoms with van der Waals surface area (Å²) in [6, 6.07) is 8.96. The topological polar surface area (TPSA) is 35.2 Å². The quantitative estimate of drug-likeness (QED) is 0.700. The lowest BCUT2D eigenvalue weighted by Crippen LogP contribution is -2.36. The number of hydrogen-bond acceptors (Lipinski definition) is 2. The van der Waals surface area contributed by atoms with E-state index in [2.05, 4.69) is 38.1 Å². The molecule has 2 rings (SSSR count). The number of unbranched alkanes of at least 4 members (excludes halogenated alkanes) is 5. The van der Waals surface area contributed by atoms with E-state index < -0.39 is 0 Å². The highest BCUT2D eigenvalue weighted by molar-refractivity contribution is 5.25. The molecule has 0 saturated carbocycles. The molecular formula is C19H31NO. The third-order valence-electron chi connectivity index (χ3n) is 4.44. The first-order valence-corrected chi connectivity index (χ1v) is 8.60. The van der Waals surface area contributed by atoms with Gasteiger partial charge in [-0.05, 0) is 37.3 Å². The first-order chi connectivity index (χ1) is 10.1. The minimum absolute atomic E-state index is 0.165. The second kappa shape index (κ2) is 7.95. The molecule has 2 atom stereocenters. The normalized spacial score (nSPS) is 25.4. The summed E-state index contributed by atoms with van der Waals surface area (Å²) in [6.07, 6.45) is 10.5. The number of nitrogens with two attached hydrogens (primary N) is 1. The van der Waals surface area contributed by atoms with Gasteiger partial charge in [0.1, 0.15) is 0 Å². The van der Waals surface area contributed by atoms with Crippen molar-refractivity contribution < 1.29 is 4.74 Å².